The fraction of sp³-hybridized carbons (Fsp3) is 0.417. The molecule has 1 saturated heterocycles. The Labute approximate surface area is 104 Å². The second kappa shape index (κ2) is 4.89. The summed E-state index contributed by atoms with van der Waals surface area (Å²) in [6.07, 6.45) is 0. The zero-order chi connectivity index (χ0) is 13.3. The van der Waals surface area contributed by atoms with Crippen LogP contribution in [0.25, 0.3) is 0 Å². The first-order valence-corrected chi connectivity index (χ1v) is 5.68. The molecule has 0 aliphatic carbocycles. The molecule has 1 aliphatic rings. The van der Waals surface area contributed by atoms with E-state index in [2.05, 4.69) is 0 Å². The lowest BCUT2D eigenvalue weighted by Gasteiger charge is -2.35. The topological polar surface area (TPSA) is 62.3 Å². The van der Waals surface area contributed by atoms with Crippen LogP contribution in [-0.2, 0) is 4.74 Å². The zero-order valence-electron chi connectivity index (χ0n) is 10.0. The van der Waals surface area contributed by atoms with Gasteiger partial charge in [-0.05, 0) is 19.1 Å². The van der Waals surface area contributed by atoms with E-state index >= 15 is 0 Å². The van der Waals surface area contributed by atoms with Crippen LogP contribution >= 0.6 is 0 Å². The van der Waals surface area contributed by atoms with Gasteiger partial charge in [0.15, 0.2) is 0 Å². The van der Waals surface area contributed by atoms with Crippen molar-refractivity contribution in [1.82, 2.24) is 0 Å². The lowest BCUT2D eigenvalue weighted by atomic mass is 10.1. The third-order valence-corrected chi connectivity index (χ3v) is 2.98. The summed E-state index contributed by atoms with van der Waals surface area (Å²) in [6, 6.07) is 2.08. The molecule has 0 amide bonds. The second-order valence-corrected chi connectivity index (χ2v) is 4.32. The van der Waals surface area contributed by atoms with Crippen LogP contribution < -0.4 is 10.6 Å². The van der Waals surface area contributed by atoms with Crippen LogP contribution in [0.5, 0.6) is 0 Å². The van der Waals surface area contributed by atoms with Crippen molar-refractivity contribution in [3.63, 3.8) is 0 Å². The molecule has 3 N–H and O–H groups in total. The molecular formula is C12H15F2N3O. The number of nitrogens with zero attached hydrogens (tertiary/aromatic N) is 1. The predicted molar refractivity (Wildman–Crippen MR) is 65.0 cm³/mol. The predicted octanol–water partition coefficient (Wildman–Crippen LogP) is 1.47. The molecule has 1 aliphatic heterocycles. The van der Waals surface area contributed by atoms with E-state index in [1.54, 1.807) is 4.90 Å². The lowest BCUT2D eigenvalue weighted by Crippen LogP contribution is -2.44. The Morgan fingerprint density at radius 2 is 2.06 bits per heavy atom. The maximum absolute atomic E-state index is 14.0. The van der Waals surface area contributed by atoms with Crippen LogP contribution in [0, 0.1) is 17.0 Å². The Hall–Kier alpha value is -1.69. The van der Waals surface area contributed by atoms with Gasteiger partial charge in [0.1, 0.15) is 23.2 Å². The number of amidine groups is 1. The Morgan fingerprint density at radius 3 is 2.56 bits per heavy atom. The van der Waals surface area contributed by atoms with E-state index in [4.69, 9.17) is 15.9 Å². The summed E-state index contributed by atoms with van der Waals surface area (Å²) in [4.78, 5) is 1.64. The fourth-order valence-electron chi connectivity index (χ4n) is 2.05. The smallest absolute Gasteiger partial charge is 0.150 e. The van der Waals surface area contributed by atoms with E-state index in [1.165, 1.54) is 0 Å². The average Bonchev–Trinajstić information content (AvgIpc) is 2.30. The minimum absolute atomic E-state index is 0.0506. The third kappa shape index (κ3) is 2.28. The molecule has 6 heteroatoms. The number of nitrogen functional groups attached to an aromatic ring is 1. The van der Waals surface area contributed by atoms with Gasteiger partial charge in [-0.3, -0.25) is 5.41 Å². The van der Waals surface area contributed by atoms with Crippen molar-refractivity contribution in [2.45, 2.75) is 13.0 Å². The molecule has 18 heavy (non-hydrogen) atoms. The minimum atomic E-state index is -0.700. The highest BCUT2D eigenvalue weighted by Gasteiger charge is 2.25. The maximum atomic E-state index is 14.0. The van der Waals surface area contributed by atoms with Crippen LogP contribution in [0.3, 0.4) is 0 Å². The van der Waals surface area contributed by atoms with Gasteiger partial charge in [-0.25, -0.2) is 8.78 Å². The molecule has 1 aromatic carbocycles. The van der Waals surface area contributed by atoms with Crippen molar-refractivity contribution in [3.05, 3.63) is 29.3 Å². The van der Waals surface area contributed by atoms with E-state index in [-0.39, 0.29) is 23.1 Å². The zero-order valence-corrected chi connectivity index (χ0v) is 10.0. The van der Waals surface area contributed by atoms with Crippen LogP contribution in [-0.4, -0.2) is 31.6 Å². The van der Waals surface area contributed by atoms with Crippen LogP contribution in [0.1, 0.15) is 12.5 Å². The quantitative estimate of drug-likeness (QED) is 0.621. The van der Waals surface area contributed by atoms with E-state index in [0.717, 1.165) is 12.1 Å². The molecule has 4 nitrogen and oxygen atoms in total. The van der Waals surface area contributed by atoms with Crippen molar-refractivity contribution in [2.75, 3.05) is 24.7 Å². The van der Waals surface area contributed by atoms with E-state index in [0.29, 0.717) is 19.8 Å². The standard InChI is InChI=1S/C12H15F2N3O/c1-7-6-18-3-2-17(7)11-9(13)4-8(12(15)16)5-10(11)14/h4-5,7H,2-3,6H2,1H3,(H3,15,16). The van der Waals surface area contributed by atoms with Crippen molar-refractivity contribution >= 4 is 11.5 Å². The van der Waals surface area contributed by atoms with Gasteiger partial charge in [-0.15, -0.1) is 0 Å². The Balaban J connectivity index is 2.41. The summed E-state index contributed by atoms with van der Waals surface area (Å²) in [5, 5.41) is 7.19. The number of nitrogens with two attached hydrogens (primary N) is 1. The molecular weight excluding hydrogens is 240 g/mol. The summed E-state index contributed by atoms with van der Waals surface area (Å²) in [5.41, 5.74) is 5.20. The summed E-state index contributed by atoms with van der Waals surface area (Å²) < 4.78 is 33.1. The maximum Gasteiger partial charge on any atom is 0.150 e. The van der Waals surface area contributed by atoms with E-state index in [1.807, 2.05) is 6.92 Å². The van der Waals surface area contributed by atoms with Crippen molar-refractivity contribution in [3.8, 4) is 0 Å². The van der Waals surface area contributed by atoms with Gasteiger partial charge in [-0.1, -0.05) is 0 Å². The molecule has 1 unspecified atom stereocenters. The van der Waals surface area contributed by atoms with Gasteiger partial charge >= 0.3 is 0 Å². The summed E-state index contributed by atoms with van der Waals surface area (Å²) in [5.74, 6) is -1.75. The largest absolute Gasteiger partial charge is 0.384 e. The molecule has 0 aromatic heterocycles. The third-order valence-electron chi connectivity index (χ3n) is 2.98. The summed E-state index contributed by atoms with van der Waals surface area (Å²) in [7, 11) is 0. The molecule has 1 fully saturated rings. The average molecular weight is 255 g/mol. The van der Waals surface area contributed by atoms with Crippen LogP contribution in [0.2, 0.25) is 0 Å². The Morgan fingerprint density at radius 1 is 1.44 bits per heavy atom. The minimum Gasteiger partial charge on any atom is -0.384 e. The molecule has 98 valence electrons. The van der Waals surface area contributed by atoms with E-state index in [9.17, 15) is 8.78 Å². The number of nitrogens with one attached hydrogen (secondary N) is 1. The number of hydrogen-bond acceptors (Lipinski definition) is 3. The van der Waals surface area contributed by atoms with Crippen molar-refractivity contribution in [1.29, 1.82) is 5.41 Å². The number of anilines is 1. The SMILES string of the molecule is CC1COCCN1c1c(F)cc(C(=N)N)cc1F. The van der Waals surface area contributed by atoms with Gasteiger partial charge in [0.2, 0.25) is 0 Å². The number of morpholine rings is 1. The molecule has 0 radical (unpaired) electrons. The van der Waals surface area contributed by atoms with Gasteiger partial charge < -0.3 is 15.4 Å². The normalized spacial score (nSPS) is 19.9. The van der Waals surface area contributed by atoms with Gasteiger partial charge in [0.25, 0.3) is 0 Å². The highest BCUT2D eigenvalue weighted by atomic mass is 19.1. The molecule has 1 aromatic rings. The number of benzene rings is 1. The summed E-state index contributed by atoms with van der Waals surface area (Å²) >= 11 is 0. The summed E-state index contributed by atoms with van der Waals surface area (Å²) in [6.45, 7) is 3.16. The lowest BCUT2D eigenvalue weighted by molar-refractivity contribution is 0.0982. The molecule has 1 atom stereocenters. The first-order chi connectivity index (χ1) is 8.50. The first-order valence-electron chi connectivity index (χ1n) is 5.68. The molecule has 0 bridgehead atoms. The first kappa shape index (κ1) is 12.8. The molecule has 2 rings (SSSR count). The highest BCUT2D eigenvalue weighted by Crippen LogP contribution is 2.27. The van der Waals surface area contributed by atoms with Crippen LogP contribution in [0.15, 0.2) is 12.1 Å². The number of rotatable bonds is 2. The molecule has 0 saturated carbocycles. The van der Waals surface area contributed by atoms with Crippen LogP contribution in [0.4, 0.5) is 14.5 Å². The monoisotopic (exact) mass is 255 g/mol. The number of ether oxygens (including phenoxy) is 1. The van der Waals surface area contributed by atoms with Crippen molar-refractivity contribution < 1.29 is 13.5 Å². The van der Waals surface area contributed by atoms with Gasteiger partial charge in [-0.2, -0.15) is 0 Å². The van der Waals surface area contributed by atoms with Gasteiger partial charge in [0.05, 0.1) is 13.2 Å². The van der Waals surface area contributed by atoms with E-state index < -0.39 is 11.6 Å². The molecule has 0 spiro atoms. The van der Waals surface area contributed by atoms with Crippen molar-refractivity contribution in [2.24, 2.45) is 5.73 Å². The fourth-order valence-corrected chi connectivity index (χ4v) is 2.05. The Bertz CT molecular complexity index is 455. The highest BCUT2D eigenvalue weighted by molar-refractivity contribution is 5.95. The number of halogens is 2. The Kier molecular flexibility index (Phi) is 3.47. The number of hydrogen-bond donors (Lipinski definition) is 2. The second-order valence-electron chi connectivity index (χ2n) is 4.32. The van der Waals surface area contributed by atoms with Gasteiger partial charge in [0, 0.05) is 18.2 Å². The molecule has 1 heterocycles.